The first-order chi connectivity index (χ1) is 28.8. The summed E-state index contributed by atoms with van der Waals surface area (Å²) >= 11 is 0. The SMILES string of the molecule is c1ccc(-c2nc3ccccc3c3c(-c4cccc(-c5ccc(-c6ccc7c(c6)c6ccccc6n7-c6ccccc6)cc5)c4)c4c(cc23)oc2ccccc24)cc1. The molecule has 0 aliphatic rings. The third-order valence-corrected chi connectivity index (χ3v) is 11.8. The molecular formula is C55H34N2O. The van der Waals surface area contributed by atoms with Crippen molar-refractivity contribution >= 4 is 65.4 Å². The van der Waals surface area contributed by atoms with E-state index in [0.29, 0.717) is 0 Å². The Morgan fingerprint density at radius 3 is 1.76 bits per heavy atom. The fourth-order valence-electron chi connectivity index (χ4n) is 9.14. The number of hydrogen-bond donors (Lipinski definition) is 0. The van der Waals surface area contributed by atoms with Crippen LogP contribution < -0.4 is 0 Å². The number of furan rings is 1. The maximum atomic E-state index is 6.64. The molecule has 0 spiro atoms. The Hall–Kier alpha value is -7.75. The number of pyridine rings is 1. The smallest absolute Gasteiger partial charge is 0.136 e. The molecule has 0 aliphatic carbocycles. The Kier molecular flexibility index (Phi) is 7.23. The van der Waals surface area contributed by atoms with Crippen molar-refractivity contribution in [3.63, 3.8) is 0 Å². The molecule has 0 fully saturated rings. The first-order valence-corrected chi connectivity index (χ1v) is 19.8. The van der Waals surface area contributed by atoms with Gasteiger partial charge in [-0.3, -0.25) is 0 Å². The number of benzene rings is 9. The molecule has 0 saturated heterocycles. The zero-order valence-electron chi connectivity index (χ0n) is 31.4. The predicted octanol–water partition coefficient (Wildman–Crippen LogP) is 15.1. The molecular weight excluding hydrogens is 705 g/mol. The first kappa shape index (κ1) is 32.5. The second-order valence-electron chi connectivity index (χ2n) is 15.1. The van der Waals surface area contributed by atoms with Crippen LogP contribution in [0.15, 0.2) is 211 Å². The Labute approximate surface area is 334 Å². The van der Waals surface area contributed by atoms with Gasteiger partial charge in [0.1, 0.15) is 11.2 Å². The average Bonchev–Trinajstić information content (AvgIpc) is 3.84. The van der Waals surface area contributed by atoms with Gasteiger partial charge in [0.15, 0.2) is 0 Å². The van der Waals surface area contributed by atoms with E-state index in [-0.39, 0.29) is 0 Å². The van der Waals surface area contributed by atoms with Crippen LogP contribution in [-0.2, 0) is 0 Å². The molecule has 58 heavy (non-hydrogen) atoms. The maximum Gasteiger partial charge on any atom is 0.136 e. The van der Waals surface area contributed by atoms with Gasteiger partial charge < -0.3 is 8.98 Å². The number of nitrogens with zero attached hydrogens (tertiary/aromatic N) is 2. The van der Waals surface area contributed by atoms with Gasteiger partial charge in [-0.2, -0.15) is 0 Å². The highest BCUT2D eigenvalue weighted by Gasteiger charge is 2.22. The standard InChI is InChI=1S/C55H34N2O/c1-3-14-37(15-4-1)55-46-34-51-54(44-22-9-12-25-50(44)58-51)52(53(46)43-21-7-10-23-47(43)56-55)40-17-13-16-38(32-40)35-26-28-36(29-27-35)39-30-31-49-45(33-39)42-20-8-11-24-48(42)57(49)41-18-5-2-6-19-41/h1-34H. The van der Waals surface area contributed by atoms with Crippen LogP contribution in [-0.4, -0.2) is 9.55 Å². The molecule has 0 aliphatic heterocycles. The molecule has 0 N–H and O–H groups in total. The summed E-state index contributed by atoms with van der Waals surface area (Å²) in [6.45, 7) is 0. The van der Waals surface area contributed by atoms with E-state index in [1.165, 1.54) is 44.0 Å². The van der Waals surface area contributed by atoms with Crippen LogP contribution in [0.25, 0.3) is 116 Å². The second-order valence-corrected chi connectivity index (χ2v) is 15.1. The number of aromatic nitrogens is 2. The summed E-state index contributed by atoms with van der Waals surface area (Å²) in [6.07, 6.45) is 0. The Balaban J connectivity index is 1.02. The lowest BCUT2D eigenvalue weighted by atomic mass is 9.88. The van der Waals surface area contributed by atoms with Gasteiger partial charge in [-0.1, -0.05) is 152 Å². The summed E-state index contributed by atoms with van der Waals surface area (Å²) in [6, 6.07) is 73.8. The van der Waals surface area contributed by atoms with E-state index in [4.69, 9.17) is 9.40 Å². The lowest BCUT2D eigenvalue weighted by Crippen LogP contribution is -1.93. The van der Waals surface area contributed by atoms with Crippen molar-refractivity contribution in [2.75, 3.05) is 0 Å². The van der Waals surface area contributed by atoms with E-state index in [1.807, 2.05) is 6.07 Å². The molecule has 0 saturated carbocycles. The van der Waals surface area contributed by atoms with Gasteiger partial charge in [-0.25, -0.2) is 4.98 Å². The minimum Gasteiger partial charge on any atom is -0.456 e. The molecule has 0 unspecified atom stereocenters. The van der Waals surface area contributed by atoms with Gasteiger partial charge in [0.25, 0.3) is 0 Å². The van der Waals surface area contributed by atoms with Gasteiger partial charge in [-0.05, 0) is 82.4 Å². The fraction of sp³-hybridized carbons (Fsp3) is 0. The van der Waals surface area contributed by atoms with Crippen molar-refractivity contribution in [2.24, 2.45) is 0 Å². The minimum absolute atomic E-state index is 0.858. The highest BCUT2D eigenvalue weighted by molar-refractivity contribution is 6.28. The Bertz CT molecular complexity index is 3540. The lowest BCUT2D eigenvalue weighted by Gasteiger charge is -2.16. The van der Waals surface area contributed by atoms with Gasteiger partial charge in [0.05, 0.1) is 22.2 Å². The monoisotopic (exact) mass is 738 g/mol. The number of rotatable bonds is 5. The van der Waals surface area contributed by atoms with Crippen molar-refractivity contribution in [2.45, 2.75) is 0 Å². The molecule has 9 aromatic carbocycles. The minimum atomic E-state index is 0.858. The van der Waals surface area contributed by atoms with Crippen LogP contribution in [0, 0.1) is 0 Å². The molecule has 3 aromatic heterocycles. The molecule has 0 radical (unpaired) electrons. The molecule has 3 heterocycles. The summed E-state index contributed by atoms with van der Waals surface area (Å²) in [7, 11) is 0. The van der Waals surface area contributed by atoms with Crippen LogP contribution in [0.4, 0.5) is 0 Å². The molecule has 3 heteroatoms. The molecule has 3 nitrogen and oxygen atoms in total. The van der Waals surface area contributed by atoms with Crippen LogP contribution in [0.5, 0.6) is 0 Å². The Morgan fingerprint density at radius 1 is 0.345 bits per heavy atom. The lowest BCUT2D eigenvalue weighted by molar-refractivity contribution is 0.669. The molecule has 270 valence electrons. The van der Waals surface area contributed by atoms with E-state index in [2.05, 4.69) is 205 Å². The summed E-state index contributed by atoms with van der Waals surface area (Å²) in [5, 5.41) is 8.11. The highest BCUT2D eigenvalue weighted by atomic mass is 16.3. The largest absolute Gasteiger partial charge is 0.456 e. The first-order valence-electron chi connectivity index (χ1n) is 19.8. The summed E-state index contributed by atoms with van der Waals surface area (Å²) < 4.78 is 9.00. The van der Waals surface area contributed by atoms with Crippen molar-refractivity contribution in [1.29, 1.82) is 0 Å². The van der Waals surface area contributed by atoms with Crippen LogP contribution in [0.2, 0.25) is 0 Å². The van der Waals surface area contributed by atoms with Crippen LogP contribution in [0.1, 0.15) is 0 Å². The second kappa shape index (κ2) is 12.9. The number of hydrogen-bond acceptors (Lipinski definition) is 2. The molecule has 0 bridgehead atoms. The quantitative estimate of drug-likeness (QED) is 0.165. The highest BCUT2D eigenvalue weighted by Crippen LogP contribution is 2.47. The van der Waals surface area contributed by atoms with Gasteiger partial charge >= 0.3 is 0 Å². The third-order valence-electron chi connectivity index (χ3n) is 11.8. The van der Waals surface area contributed by atoms with E-state index < -0.39 is 0 Å². The molecule has 0 amide bonds. The predicted molar refractivity (Wildman–Crippen MR) is 243 cm³/mol. The van der Waals surface area contributed by atoms with Crippen molar-refractivity contribution < 1.29 is 4.42 Å². The van der Waals surface area contributed by atoms with Crippen LogP contribution in [0.3, 0.4) is 0 Å². The zero-order valence-corrected chi connectivity index (χ0v) is 31.4. The maximum absolute atomic E-state index is 6.64. The van der Waals surface area contributed by atoms with Crippen LogP contribution >= 0.6 is 0 Å². The molecule has 12 aromatic rings. The van der Waals surface area contributed by atoms with Crippen molar-refractivity contribution in [3.05, 3.63) is 206 Å². The van der Waals surface area contributed by atoms with Gasteiger partial charge in [0.2, 0.25) is 0 Å². The van der Waals surface area contributed by atoms with E-state index in [0.717, 1.165) is 71.7 Å². The summed E-state index contributed by atoms with van der Waals surface area (Å²) in [5.74, 6) is 0. The topological polar surface area (TPSA) is 31.0 Å². The average molecular weight is 739 g/mol. The normalized spacial score (nSPS) is 11.8. The zero-order chi connectivity index (χ0) is 38.2. The fourth-order valence-corrected chi connectivity index (χ4v) is 9.14. The molecule has 12 rings (SSSR count). The summed E-state index contributed by atoms with van der Waals surface area (Å²) in [5.41, 5.74) is 15.3. The van der Waals surface area contributed by atoms with Gasteiger partial charge in [-0.15, -0.1) is 0 Å². The van der Waals surface area contributed by atoms with Crippen molar-refractivity contribution in [1.82, 2.24) is 9.55 Å². The molecule has 0 atom stereocenters. The number of para-hydroxylation sites is 4. The number of fused-ring (bicyclic) bond motifs is 9. The van der Waals surface area contributed by atoms with E-state index >= 15 is 0 Å². The summed E-state index contributed by atoms with van der Waals surface area (Å²) in [4.78, 5) is 5.27. The van der Waals surface area contributed by atoms with Crippen molar-refractivity contribution in [3.8, 4) is 50.3 Å². The van der Waals surface area contributed by atoms with Gasteiger partial charge in [0, 0.05) is 54.5 Å². The third kappa shape index (κ3) is 5.04. The van der Waals surface area contributed by atoms with E-state index in [9.17, 15) is 0 Å². The van der Waals surface area contributed by atoms with E-state index in [1.54, 1.807) is 0 Å². The Morgan fingerprint density at radius 2 is 0.948 bits per heavy atom.